The lowest BCUT2D eigenvalue weighted by Crippen LogP contribution is -2.48. The zero-order valence-corrected chi connectivity index (χ0v) is 19.8. The topological polar surface area (TPSA) is 115 Å². The molecule has 3 N–H and O–H groups in total. The van der Waals surface area contributed by atoms with Crippen LogP contribution in [-0.4, -0.2) is 57.5 Å². The van der Waals surface area contributed by atoms with Gasteiger partial charge in [0.2, 0.25) is 0 Å². The molecule has 0 aliphatic heterocycles. The Morgan fingerprint density at radius 3 is 2.66 bits per heavy atom. The highest BCUT2D eigenvalue weighted by molar-refractivity contribution is 6.00. The fraction of sp³-hybridized carbons (Fsp3) is 0.500. The molecule has 1 amide bonds. The molecule has 3 aromatic rings. The van der Waals surface area contributed by atoms with Crippen molar-refractivity contribution in [2.45, 2.75) is 62.9 Å². The maximum Gasteiger partial charge on any atom is 0.274 e. The van der Waals surface area contributed by atoms with Gasteiger partial charge in [0.25, 0.3) is 11.5 Å². The summed E-state index contributed by atoms with van der Waals surface area (Å²) in [4.78, 5) is 30.6. The fourth-order valence-corrected chi connectivity index (χ4v) is 4.82. The van der Waals surface area contributed by atoms with Crippen molar-refractivity contribution in [2.75, 3.05) is 24.8 Å². The van der Waals surface area contributed by atoms with E-state index < -0.39 is 18.1 Å². The van der Waals surface area contributed by atoms with E-state index in [0.29, 0.717) is 35.8 Å². The van der Waals surface area contributed by atoms with Crippen molar-refractivity contribution < 1.29 is 13.9 Å². The molecule has 2 aliphatic carbocycles. The van der Waals surface area contributed by atoms with Crippen molar-refractivity contribution in [3.05, 3.63) is 46.5 Å². The van der Waals surface area contributed by atoms with Gasteiger partial charge in [-0.15, -0.1) is 0 Å². The summed E-state index contributed by atoms with van der Waals surface area (Å²) in [7, 11) is 3.46. The normalized spacial score (nSPS) is 24.1. The molecule has 186 valence electrons. The van der Waals surface area contributed by atoms with Gasteiger partial charge in [0.1, 0.15) is 29.1 Å². The molecule has 3 heterocycles. The largest absolute Gasteiger partial charge is 0.381 e. The summed E-state index contributed by atoms with van der Waals surface area (Å²) >= 11 is 0. The minimum absolute atomic E-state index is 0.120. The minimum atomic E-state index is -1.02. The maximum atomic E-state index is 13.7. The molecule has 0 radical (unpaired) electrons. The van der Waals surface area contributed by atoms with Gasteiger partial charge in [-0.05, 0) is 50.7 Å². The molecular formula is C24H30FN7O3. The molecule has 10 nitrogen and oxygen atoms in total. The van der Waals surface area contributed by atoms with Crippen molar-refractivity contribution in [1.29, 1.82) is 0 Å². The molecule has 3 aromatic heterocycles. The summed E-state index contributed by atoms with van der Waals surface area (Å²) in [5.41, 5.74) is 0.803. The average molecular weight is 484 g/mol. The number of methoxy groups -OCH3 is 1. The van der Waals surface area contributed by atoms with E-state index in [-0.39, 0.29) is 23.3 Å². The molecule has 5 rings (SSSR count). The zero-order valence-electron chi connectivity index (χ0n) is 19.8. The number of amides is 1. The average Bonchev–Trinajstić information content (AvgIpc) is 3.31. The Labute approximate surface area is 201 Å². The van der Waals surface area contributed by atoms with Crippen LogP contribution in [0.25, 0.3) is 5.65 Å². The molecule has 0 aromatic carbocycles. The van der Waals surface area contributed by atoms with Crippen LogP contribution in [0.15, 0.2) is 35.4 Å². The molecule has 0 bridgehead atoms. The number of nitrogens with zero attached hydrogens (tertiary/aromatic N) is 4. The first kappa shape index (κ1) is 23.3. The summed E-state index contributed by atoms with van der Waals surface area (Å²) in [6.45, 7) is 0. The predicted octanol–water partition coefficient (Wildman–Crippen LogP) is 3.04. The quantitative estimate of drug-likeness (QED) is 0.473. The fourth-order valence-electron chi connectivity index (χ4n) is 4.82. The molecular weight excluding hydrogens is 453 g/mol. The van der Waals surface area contributed by atoms with Crippen molar-refractivity contribution >= 4 is 28.9 Å². The van der Waals surface area contributed by atoms with Crippen molar-refractivity contribution in [2.24, 2.45) is 0 Å². The molecule has 0 spiro atoms. The van der Waals surface area contributed by atoms with Gasteiger partial charge in [0.05, 0.1) is 18.3 Å². The Balaban J connectivity index is 1.42. The predicted molar refractivity (Wildman–Crippen MR) is 130 cm³/mol. The number of ether oxygens (including phenoxy) is 1. The van der Waals surface area contributed by atoms with Crippen LogP contribution in [0.1, 0.15) is 54.9 Å². The number of rotatable bonds is 7. The number of alkyl halides is 1. The number of aromatic nitrogens is 4. The van der Waals surface area contributed by atoms with Gasteiger partial charge < -0.3 is 25.3 Å². The van der Waals surface area contributed by atoms with Gasteiger partial charge in [-0.25, -0.2) is 9.37 Å². The number of carbonyl (C=O) groups is 1. The first-order chi connectivity index (χ1) is 17.0. The zero-order chi connectivity index (χ0) is 24.5. The SMILES string of the molecule is CNc1cc(Nc2cccn(C3CCC(OC)CC3)c2=O)nc2c(C(=O)N[C@H]3CC[C@@H]3F)cnn12. The Hall–Kier alpha value is -3.47. The molecule has 2 saturated carbocycles. The van der Waals surface area contributed by atoms with Crippen LogP contribution in [0.2, 0.25) is 0 Å². The number of pyridine rings is 1. The van der Waals surface area contributed by atoms with Gasteiger partial charge >= 0.3 is 0 Å². The maximum absolute atomic E-state index is 13.7. The van der Waals surface area contributed by atoms with Crippen LogP contribution in [0.3, 0.4) is 0 Å². The monoisotopic (exact) mass is 483 g/mol. The first-order valence-electron chi connectivity index (χ1n) is 12.0. The number of hydrogen-bond acceptors (Lipinski definition) is 7. The first-order valence-corrected chi connectivity index (χ1v) is 12.0. The molecule has 35 heavy (non-hydrogen) atoms. The summed E-state index contributed by atoms with van der Waals surface area (Å²) in [6.07, 6.45) is 7.13. The Morgan fingerprint density at radius 1 is 1.20 bits per heavy atom. The van der Waals surface area contributed by atoms with E-state index in [1.165, 1.54) is 10.7 Å². The van der Waals surface area contributed by atoms with Crippen molar-refractivity contribution in [3.63, 3.8) is 0 Å². The molecule has 0 saturated heterocycles. The van der Waals surface area contributed by atoms with E-state index in [2.05, 4.69) is 26.0 Å². The minimum Gasteiger partial charge on any atom is -0.381 e. The van der Waals surface area contributed by atoms with Gasteiger partial charge in [0.15, 0.2) is 5.65 Å². The molecule has 2 aliphatic rings. The summed E-state index contributed by atoms with van der Waals surface area (Å²) in [5.74, 6) is 0.548. The van der Waals surface area contributed by atoms with Crippen molar-refractivity contribution in [3.8, 4) is 0 Å². The van der Waals surface area contributed by atoms with E-state index in [4.69, 9.17) is 4.74 Å². The Morgan fingerprint density at radius 2 is 2.00 bits per heavy atom. The number of halogens is 1. The third-order valence-corrected chi connectivity index (χ3v) is 7.09. The van der Waals surface area contributed by atoms with Gasteiger partial charge in [-0.2, -0.15) is 9.61 Å². The lowest BCUT2D eigenvalue weighted by Gasteiger charge is -2.30. The second-order valence-corrected chi connectivity index (χ2v) is 9.17. The molecule has 0 unspecified atom stereocenters. The van der Waals surface area contributed by atoms with Gasteiger partial charge in [0, 0.05) is 32.5 Å². The van der Waals surface area contributed by atoms with E-state index in [9.17, 15) is 14.0 Å². The van der Waals surface area contributed by atoms with E-state index in [1.807, 2.05) is 12.3 Å². The summed E-state index contributed by atoms with van der Waals surface area (Å²) in [5, 5.41) is 13.1. The highest BCUT2D eigenvalue weighted by Gasteiger charge is 2.33. The molecule has 11 heteroatoms. The number of hydrogen-bond donors (Lipinski definition) is 3. The number of nitrogens with one attached hydrogen (secondary N) is 3. The summed E-state index contributed by atoms with van der Waals surface area (Å²) in [6, 6.07) is 4.91. The van der Waals surface area contributed by atoms with E-state index in [1.54, 1.807) is 30.9 Å². The number of fused-ring (bicyclic) bond motifs is 1. The van der Waals surface area contributed by atoms with E-state index >= 15 is 0 Å². The van der Waals surface area contributed by atoms with Gasteiger partial charge in [-0.3, -0.25) is 9.59 Å². The van der Waals surface area contributed by atoms with Crippen LogP contribution in [0.4, 0.5) is 21.7 Å². The van der Waals surface area contributed by atoms with Crippen LogP contribution in [0, 0.1) is 0 Å². The standard InChI is InChI=1S/C24H30FN7O3/c1-26-21-12-20(30-22-16(13-27-32(21)22)23(33)29-18-10-9-17(18)25)28-19-4-3-11-31(24(19)34)14-5-7-15(35-2)8-6-14/h3-4,11-15,17-18,26H,5-10H2,1-2H3,(H,28,30)(H,29,33)/t14?,15?,17-,18-/m0/s1. The number of anilines is 3. The highest BCUT2D eigenvalue weighted by atomic mass is 19.1. The smallest absolute Gasteiger partial charge is 0.274 e. The second kappa shape index (κ2) is 9.65. The molecule has 2 atom stereocenters. The summed E-state index contributed by atoms with van der Waals surface area (Å²) < 4.78 is 22.4. The Bertz CT molecular complexity index is 1280. The third-order valence-electron chi connectivity index (χ3n) is 7.09. The number of carbonyl (C=O) groups excluding carboxylic acids is 1. The second-order valence-electron chi connectivity index (χ2n) is 9.17. The molecule has 2 fully saturated rings. The van der Waals surface area contributed by atoms with Crippen molar-refractivity contribution in [1.82, 2.24) is 24.5 Å². The van der Waals surface area contributed by atoms with Gasteiger partial charge in [-0.1, -0.05) is 0 Å². The van der Waals surface area contributed by atoms with E-state index in [0.717, 1.165) is 25.7 Å². The lowest BCUT2D eigenvalue weighted by atomic mass is 9.90. The lowest BCUT2D eigenvalue weighted by molar-refractivity contribution is 0.0580. The third kappa shape index (κ3) is 4.47. The highest BCUT2D eigenvalue weighted by Crippen LogP contribution is 2.29. The Kier molecular flexibility index (Phi) is 6.42. The van der Waals surface area contributed by atoms with Crippen LogP contribution >= 0.6 is 0 Å². The van der Waals surface area contributed by atoms with Crippen LogP contribution < -0.4 is 21.5 Å². The van der Waals surface area contributed by atoms with Crippen LogP contribution in [0.5, 0.6) is 0 Å². The van der Waals surface area contributed by atoms with Crippen LogP contribution in [-0.2, 0) is 4.74 Å².